The summed E-state index contributed by atoms with van der Waals surface area (Å²) in [6.45, 7) is 3.52. The highest BCUT2D eigenvalue weighted by Gasteiger charge is 2.09. The summed E-state index contributed by atoms with van der Waals surface area (Å²) in [5.74, 6) is -1.11. The lowest BCUT2D eigenvalue weighted by molar-refractivity contribution is -0.116. The Morgan fingerprint density at radius 3 is 2.32 bits per heavy atom. The van der Waals surface area contributed by atoms with Gasteiger partial charge < -0.3 is 10.6 Å². The Bertz CT molecular complexity index is 742. The molecule has 0 unspecified atom stereocenters. The minimum Gasteiger partial charge on any atom is -0.326 e. The zero-order chi connectivity index (χ0) is 18.2. The average Bonchev–Trinajstić information content (AvgIpc) is 2.57. The molecule has 0 aliphatic rings. The Balaban J connectivity index is 1.98. The van der Waals surface area contributed by atoms with Gasteiger partial charge in [-0.3, -0.25) is 9.59 Å². The smallest absolute Gasteiger partial charge is 0.228 e. The average molecular weight is 342 g/mol. The first kappa shape index (κ1) is 18.6. The topological polar surface area (TPSA) is 58.2 Å². The van der Waals surface area contributed by atoms with Gasteiger partial charge in [0.2, 0.25) is 11.8 Å². The molecule has 0 fully saturated rings. The van der Waals surface area contributed by atoms with E-state index < -0.39 is 5.82 Å². The molecule has 2 N–H and O–H groups in total. The van der Waals surface area contributed by atoms with Crippen LogP contribution in [0.4, 0.5) is 15.8 Å². The molecule has 0 radical (unpaired) electrons. The van der Waals surface area contributed by atoms with Gasteiger partial charge in [0, 0.05) is 12.6 Å². The fourth-order valence-electron chi connectivity index (χ4n) is 2.49. The van der Waals surface area contributed by atoms with Crippen LogP contribution in [-0.2, 0) is 22.4 Å². The molecule has 2 amide bonds. The molecule has 0 atom stereocenters. The van der Waals surface area contributed by atoms with Gasteiger partial charge in [-0.1, -0.05) is 37.6 Å². The van der Waals surface area contributed by atoms with Crippen molar-refractivity contribution < 1.29 is 14.0 Å². The van der Waals surface area contributed by atoms with Crippen LogP contribution in [0.15, 0.2) is 42.5 Å². The Kier molecular flexibility index (Phi) is 6.69. The normalized spacial score (nSPS) is 10.4. The fourth-order valence-corrected chi connectivity index (χ4v) is 2.49. The van der Waals surface area contributed by atoms with Crippen LogP contribution in [0.2, 0.25) is 0 Å². The summed E-state index contributed by atoms with van der Waals surface area (Å²) in [7, 11) is 0. The van der Waals surface area contributed by atoms with Crippen molar-refractivity contribution in [3.63, 3.8) is 0 Å². The van der Waals surface area contributed by atoms with E-state index in [-0.39, 0.29) is 23.9 Å². The molecule has 0 aliphatic carbocycles. The first-order valence-electron chi connectivity index (χ1n) is 8.42. The summed E-state index contributed by atoms with van der Waals surface area (Å²) in [6.07, 6.45) is 3.49. The van der Waals surface area contributed by atoms with Crippen molar-refractivity contribution in [1.82, 2.24) is 0 Å². The SMILES string of the molecule is CCCCc1ccc(CC(=O)Nc2cc(NC(C)=O)ccc2F)cc1. The van der Waals surface area contributed by atoms with E-state index in [1.807, 2.05) is 24.3 Å². The Morgan fingerprint density at radius 2 is 1.68 bits per heavy atom. The quantitative estimate of drug-likeness (QED) is 0.788. The maximum absolute atomic E-state index is 13.9. The number of carbonyl (C=O) groups excluding carboxylic acids is 2. The number of carbonyl (C=O) groups is 2. The molecule has 4 nitrogen and oxygen atoms in total. The summed E-state index contributed by atoms with van der Waals surface area (Å²) >= 11 is 0. The summed E-state index contributed by atoms with van der Waals surface area (Å²) in [5.41, 5.74) is 2.61. The number of amides is 2. The van der Waals surface area contributed by atoms with Gasteiger partial charge in [0.25, 0.3) is 0 Å². The van der Waals surface area contributed by atoms with E-state index in [0.717, 1.165) is 24.8 Å². The van der Waals surface area contributed by atoms with Gasteiger partial charge >= 0.3 is 0 Å². The molecule has 0 aromatic heterocycles. The van der Waals surface area contributed by atoms with E-state index >= 15 is 0 Å². The van der Waals surface area contributed by atoms with Crippen molar-refractivity contribution in [1.29, 1.82) is 0 Å². The van der Waals surface area contributed by atoms with Crippen molar-refractivity contribution >= 4 is 23.2 Å². The molecule has 0 saturated carbocycles. The molecule has 0 saturated heterocycles. The fraction of sp³-hybridized carbons (Fsp3) is 0.300. The van der Waals surface area contributed by atoms with Gasteiger partial charge in [0.05, 0.1) is 12.1 Å². The molecule has 0 bridgehead atoms. The molecule has 5 heteroatoms. The second-order valence-corrected chi connectivity index (χ2v) is 6.02. The summed E-state index contributed by atoms with van der Waals surface area (Å²) in [4.78, 5) is 23.2. The van der Waals surface area contributed by atoms with Gasteiger partial charge in [0.1, 0.15) is 5.82 Å². The van der Waals surface area contributed by atoms with Crippen LogP contribution in [0.25, 0.3) is 0 Å². The number of benzene rings is 2. The van der Waals surface area contributed by atoms with Crippen LogP contribution >= 0.6 is 0 Å². The number of nitrogens with one attached hydrogen (secondary N) is 2. The largest absolute Gasteiger partial charge is 0.326 e. The zero-order valence-electron chi connectivity index (χ0n) is 14.6. The lowest BCUT2D eigenvalue weighted by Gasteiger charge is -2.09. The van der Waals surface area contributed by atoms with E-state index in [2.05, 4.69) is 17.6 Å². The number of hydrogen-bond donors (Lipinski definition) is 2. The minimum absolute atomic E-state index is 0.0517. The molecule has 25 heavy (non-hydrogen) atoms. The molecule has 0 spiro atoms. The maximum Gasteiger partial charge on any atom is 0.228 e. The minimum atomic E-state index is -0.544. The zero-order valence-corrected chi connectivity index (χ0v) is 14.6. The van der Waals surface area contributed by atoms with Gasteiger partial charge in [-0.15, -0.1) is 0 Å². The molecular weight excluding hydrogens is 319 g/mol. The molecule has 2 rings (SSSR count). The van der Waals surface area contributed by atoms with Crippen LogP contribution in [0, 0.1) is 5.82 Å². The van der Waals surface area contributed by atoms with E-state index in [1.54, 1.807) is 0 Å². The van der Waals surface area contributed by atoms with Gasteiger partial charge in [-0.25, -0.2) is 4.39 Å². The highest BCUT2D eigenvalue weighted by atomic mass is 19.1. The number of unbranched alkanes of at least 4 members (excludes halogenated alkanes) is 1. The summed E-state index contributed by atoms with van der Waals surface area (Å²) in [5, 5.41) is 5.12. The van der Waals surface area contributed by atoms with E-state index in [4.69, 9.17) is 0 Å². The van der Waals surface area contributed by atoms with E-state index in [9.17, 15) is 14.0 Å². The van der Waals surface area contributed by atoms with Gasteiger partial charge in [-0.05, 0) is 42.2 Å². The highest BCUT2D eigenvalue weighted by Crippen LogP contribution is 2.20. The summed E-state index contributed by atoms with van der Waals surface area (Å²) < 4.78 is 13.9. The van der Waals surface area contributed by atoms with Crippen molar-refractivity contribution in [2.45, 2.75) is 39.5 Å². The first-order valence-corrected chi connectivity index (χ1v) is 8.42. The number of aryl methyl sites for hydroxylation is 1. The summed E-state index contributed by atoms with van der Waals surface area (Å²) in [6, 6.07) is 12.0. The molecule has 2 aromatic carbocycles. The number of rotatable bonds is 7. The van der Waals surface area contributed by atoms with Gasteiger partial charge in [-0.2, -0.15) is 0 Å². The van der Waals surface area contributed by atoms with Crippen molar-refractivity contribution in [2.24, 2.45) is 0 Å². The van der Waals surface area contributed by atoms with Crippen LogP contribution in [0.1, 0.15) is 37.8 Å². The molecule has 132 valence electrons. The van der Waals surface area contributed by atoms with E-state index in [1.165, 1.54) is 30.7 Å². The monoisotopic (exact) mass is 342 g/mol. The Hall–Kier alpha value is -2.69. The van der Waals surface area contributed by atoms with Crippen LogP contribution in [0.3, 0.4) is 0 Å². The third kappa shape index (κ3) is 6.03. The third-order valence-electron chi connectivity index (χ3n) is 3.77. The van der Waals surface area contributed by atoms with Crippen LogP contribution in [0.5, 0.6) is 0 Å². The van der Waals surface area contributed by atoms with Crippen LogP contribution < -0.4 is 10.6 Å². The molecule has 2 aromatic rings. The predicted octanol–water partition coefficient (Wildman–Crippen LogP) is 4.31. The second kappa shape index (κ2) is 8.97. The molecular formula is C20H23FN2O2. The highest BCUT2D eigenvalue weighted by molar-refractivity contribution is 5.94. The Morgan fingerprint density at radius 1 is 1.00 bits per heavy atom. The number of anilines is 2. The molecule has 0 heterocycles. The lowest BCUT2D eigenvalue weighted by Crippen LogP contribution is -2.16. The van der Waals surface area contributed by atoms with Crippen molar-refractivity contribution in [2.75, 3.05) is 10.6 Å². The van der Waals surface area contributed by atoms with Gasteiger partial charge in [0.15, 0.2) is 0 Å². The van der Waals surface area contributed by atoms with Crippen molar-refractivity contribution in [3.05, 3.63) is 59.4 Å². The standard InChI is InChI=1S/C20H23FN2O2/c1-3-4-5-15-6-8-16(9-7-15)12-20(25)23-19-13-17(22-14(2)24)10-11-18(19)21/h6-11,13H,3-5,12H2,1-2H3,(H,22,24)(H,23,25). The molecule has 0 aliphatic heterocycles. The Labute approximate surface area is 147 Å². The first-order chi connectivity index (χ1) is 12.0. The lowest BCUT2D eigenvalue weighted by atomic mass is 10.0. The van der Waals surface area contributed by atoms with E-state index in [0.29, 0.717) is 5.69 Å². The predicted molar refractivity (Wildman–Crippen MR) is 98.1 cm³/mol. The van der Waals surface area contributed by atoms with Crippen LogP contribution in [-0.4, -0.2) is 11.8 Å². The maximum atomic E-state index is 13.9. The number of halogens is 1. The number of hydrogen-bond acceptors (Lipinski definition) is 2. The van der Waals surface area contributed by atoms with Crippen molar-refractivity contribution in [3.8, 4) is 0 Å². The second-order valence-electron chi connectivity index (χ2n) is 6.02. The third-order valence-corrected chi connectivity index (χ3v) is 3.77.